The van der Waals surface area contributed by atoms with E-state index in [1.165, 1.54) is 7.11 Å². The Kier molecular flexibility index (Phi) is 4.35. The molecule has 0 aliphatic heterocycles. The summed E-state index contributed by atoms with van der Waals surface area (Å²) in [5, 5.41) is 9.20. The van der Waals surface area contributed by atoms with E-state index in [0.717, 1.165) is 16.7 Å². The molecule has 1 N–H and O–H groups in total. The van der Waals surface area contributed by atoms with Crippen molar-refractivity contribution < 1.29 is 19.4 Å². The van der Waals surface area contributed by atoms with Crippen LogP contribution in [0.15, 0.2) is 12.1 Å². The molecular weight excluding hydrogens is 244 g/mol. The summed E-state index contributed by atoms with van der Waals surface area (Å²) < 4.78 is 4.71. The van der Waals surface area contributed by atoms with Gasteiger partial charge in [-0.15, -0.1) is 0 Å². The van der Waals surface area contributed by atoms with Crippen LogP contribution in [0.3, 0.4) is 0 Å². The average molecular weight is 264 g/mol. The second-order valence-electron chi connectivity index (χ2n) is 5.43. The third-order valence-corrected chi connectivity index (χ3v) is 3.41. The summed E-state index contributed by atoms with van der Waals surface area (Å²) in [6.45, 7) is 7.19. The van der Waals surface area contributed by atoms with Gasteiger partial charge in [-0.25, -0.2) is 4.79 Å². The average Bonchev–Trinajstić information content (AvgIpc) is 2.33. The summed E-state index contributed by atoms with van der Waals surface area (Å²) in [6, 6.07) is 3.48. The Labute approximate surface area is 113 Å². The minimum absolute atomic E-state index is 0.375. The van der Waals surface area contributed by atoms with Crippen molar-refractivity contribution >= 4 is 11.9 Å². The molecule has 0 atom stereocenters. The molecule has 104 valence electrons. The minimum atomic E-state index is -0.869. The quantitative estimate of drug-likeness (QED) is 0.849. The monoisotopic (exact) mass is 264 g/mol. The molecule has 0 fully saturated rings. The predicted molar refractivity (Wildman–Crippen MR) is 72.4 cm³/mol. The molecule has 0 aliphatic rings. The van der Waals surface area contributed by atoms with E-state index in [4.69, 9.17) is 4.74 Å². The highest BCUT2D eigenvalue weighted by atomic mass is 16.5. The maximum Gasteiger partial charge on any atom is 0.337 e. The molecule has 0 aromatic heterocycles. The number of aliphatic carboxylic acids is 1. The van der Waals surface area contributed by atoms with Crippen molar-refractivity contribution in [3.05, 3.63) is 34.4 Å². The van der Waals surface area contributed by atoms with Crippen LogP contribution in [0.1, 0.15) is 40.9 Å². The number of aryl methyl sites for hydroxylation is 1. The fourth-order valence-corrected chi connectivity index (χ4v) is 1.90. The van der Waals surface area contributed by atoms with Crippen LogP contribution in [-0.4, -0.2) is 24.2 Å². The number of carboxylic acids is 1. The number of carbonyl (C=O) groups is 2. The highest BCUT2D eigenvalue weighted by molar-refractivity contribution is 5.90. The second-order valence-corrected chi connectivity index (χ2v) is 5.43. The first-order valence-corrected chi connectivity index (χ1v) is 6.11. The Hall–Kier alpha value is -1.84. The second kappa shape index (κ2) is 5.43. The molecule has 1 aromatic rings. The number of benzene rings is 1. The predicted octanol–water partition coefficient (Wildman–Crippen LogP) is 2.74. The fraction of sp³-hybridized carbons (Fsp3) is 0.467. The molecule has 1 aromatic carbocycles. The summed E-state index contributed by atoms with van der Waals surface area (Å²) in [4.78, 5) is 22.8. The third-order valence-electron chi connectivity index (χ3n) is 3.41. The molecule has 0 saturated carbocycles. The zero-order chi connectivity index (χ0) is 14.8. The smallest absolute Gasteiger partial charge is 0.337 e. The number of esters is 1. The number of ether oxygens (including phenoxy) is 1. The molecule has 0 unspecified atom stereocenters. The van der Waals surface area contributed by atoms with Gasteiger partial charge in [0, 0.05) is 0 Å². The molecule has 4 nitrogen and oxygen atoms in total. The first kappa shape index (κ1) is 15.2. The van der Waals surface area contributed by atoms with E-state index in [2.05, 4.69) is 0 Å². The molecule has 0 radical (unpaired) electrons. The van der Waals surface area contributed by atoms with Crippen LogP contribution in [-0.2, 0) is 16.0 Å². The molecule has 19 heavy (non-hydrogen) atoms. The van der Waals surface area contributed by atoms with Gasteiger partial charge in [-0.3, -0.25) is 4.79 Å². The molecular formula is C15H20O4. The summed E-state index contributed by atoms with van der Waals surface area (Å²) in [5.41, 5.74) is 2.43. The highest BCUT2D eigenvalue weighted by Crippen LogP contribution is 2.26. The van der Waals surface area contributed by atoms with Gasteiger partial charge in [0.1, 0.15) is 0 Å². The van der Waals surface area contributed by atoms with Crippen LogP contribution < -0.4 is 0 Å². The van der Waals surface area contributed by atoms with Crippen molar-refractivity contribution in [2.75, 3.05) is 7.11 Å². The SMILES string of the molecule is COC(=O)c1cc(C)c(C)c(CC(C)(C)C(=O)O)c1. The molecule has 0 saturated heterocycles. The van der Waals surface area contributed by atoms with Gasteiger partial charge in [0.2, 0.25) is 0 Å². The number of hydrogen-bond acceptors (Lipinski definition) is 3. The lowest BCUT2D eigenvalue weighted by molar-refractivity contribution is -0.146. The Balaban J connectivity index is 3.24. The van der Waals surface area contributed by atoms with Gasteiger partial charge in [0.15, 0.2) is 0 Å². The lowest BCUT2D eigenvalue weighted by Gasteiger charge is -2.21. The first-order valence-electron chi connectivity index (χ1n) is 6.11. The van der Waals surface area contributed by atoms with Crippen LogP contribution in [0.5, 0.6) is 0 Å². The third kappa shape index (κ3) is 3.34. The van der Waals surface area contributed by atoms with E-state index >= 15 is 0 Å². The van der Waals surface area contributed by atoms with E-state index in [9.17, 15) is 14.7 Å². The minimum Gasteiger partial charge on any atom is -0.481 e. The Bertz CT molecular complexity index is 515. The first-order chi connectivity index (χ1) is 8.69. The molecule has 1 rings (SSSR count). The van der Waals surface area contributed by atoms with Gasteiger partial charge in [0.05, 0.1) is 18.1 Å². The summed E-state index contributed by atoms with van der Waals surface area (Å²) in [6.07, 6.45) is 0.375. The zero-order valence-electron chi connectivity index (χ0n) is 12.0. The van der Waals surface area contributed by atoms with E-state index in [1.807, 2.05) is 13.8 Å². The van der Waals surface area contributed by atoms with E-state index in [-0.39, 0.29) is 0 Å². The Morgan fingerprint density at radius 3 is 2.32 bits per heavy atom. The van der Waals surface area contributed by atoms with Crippen LogP contribution in [0.25, 0.3) is 0 Å². The Morgan fingerprint density at radius 2 is 1.84 bits per heavy atom. The number of carbonyl (C=O) groups excluding carboxylic acids is 1. The number of hydrogen-bond donors (Lipinski definition) is 1. The van der Waals surface area contributed by atoms with Gasteiger partial charge in [-0.1, -0.05) is 0 Å². The molecule has 0 aliphatic carbocycles. The molecule has 0 amide bonds. The van der Waals surface area contributed by atoms with Crippen LogP contribution in [0.2, 0.25) is 0 Å². The van der Waals surface area contributed by atoms with Crippen molar-refractivity contribution in [3.8, 4) is 0 Å². The number of rotatable bonds is 4. The van der Waals surface area contributed by atoms with Crippen molar-refractivity contribution in [2.45, 2.75) is 34.1 Å². The van der Waals surface area contributed by atoms with Gasteiger partial charge in [-0.05, 0) is 62.9 Å². The van der Waals surface area contributed by atoms with Crippen LogP contribution in [0.4, 0.5) is 0 Å². The summed E-state index contributed by atoms with van der Waals surface area (Å²) in [5.74, 6) is -1.26. The maximum atomic E-state index is 11.6. The summed E-state index contributed by atoms with van der Waals surface area (Å²) in [7, 11) is 1.33. The highest BCUT2D eigenvalue weighted by Gasteiger charge is 2.28. The van der Waals surface area contributed by atoms with E-state index in [0.29, 0.717) is 12.0 Å². The lowest BCUT2D eigenvalue weighted by Crippen LogP contribution is -2.26. The largest absolute Gasteiger partial charge is 0.481 e. The van der Waals surface area contributed by atoms with Crippen LogP contribution >= 0.6 is 0 Å². The molecule has 4 heteroatoms. The number of methoxy groups -OCH3 is 1. The zero-order valence-corrected chi connectivity index (χ0v) is 12.0. The van der Waals surface area contributed by atoms with Crippen molar-refractivity contribution in [1.29, 1.82) is 0 Å². The van der Waals surface area contributed by atoms with Gasteiger partial charge in [-0.2, -0.15) is 0 Å². The van der Waals surface area contributed by atoms with Crippen molar-refractivity contribution in [3.63, 3.8) is 0 Å². The topological polar surface area (TPSA) is 63.6 Å². The molecule has 0 heterocycles. The molecule has 0 bridgehead atoms. The molecule has 0 spiro atoms. The van der Waals surface area contributed by atoms with Crippen molar-refractivity contribution in [1.82, 2.24) is 0 Å². The fourth-order valence-electron chi connectivity index (χ4n) is 1.90. The van der Waals surface area contributed by atoms with Gasteiger partial charge in [0.25, 0.3) is 0 Å². The maximum absolute atomic E-state index is 11.6. The summed E-state index contributed by atoms with van der Waals surface area (Å²) >= 11 is 0. The Morgan fingerprint density at radius 1 is 1.26 bits per heavy atom. The van der Waals surface area contributed by atoms with Crippen LogP contribution in [0, 0.1) is 19.3 Å². The number of carboxylic acid groups (broad SMARTS) is 1. The van der Waals surface area contributed by atoms with E-state index in [1.54, 1.807) is 26.0 Å². The van der Waals surface area contributed by atoms with Crippen molar-refractivity contribution in [2.24, 2.45) is 5.41 Å². The normalized spacial score (nSPS) is 11.2. The lowest BCUT2D eigenvalue weighted by atomic mass is 9.83. The standard InChI is InChI=1S/C15H20O4/c1-9-6-11(13(16)19-5)7-12(10(9)2)8-15(3,4)14(17)18/h6-7H,8H2,1-5H3,(H,17,18). The van der Waals surface area contributed by atoms with Gasteiger partial charge >= 0.3 is 11.9 Å². The van der Waals surface area contributed by atoms with E-state index < -0.39 is 17.4 Å². The van der Waals surface area contributed by atoms with Gasteiger partial charge < -0.3 is 9.84 Å².